The van der Waals surface area contributed by atoms with E-state index in [2.05, 4.69) is 9.80 Å². The van der Waals surface area contributed by atoms with Gasteiger partial charge in [-0.05, 0) is 68.4 Å². The summed E-state index contributed by atoms with van der Waals surface area (Å²) in [5.41, 5.74) is 3.36. The highest BCUT2D eigenvalue weighted by molar-refractivity contribution is 8.03. The summed E-state index contributed by atoms with van der Waals surface area (Å²) >= 11 is 1.41. The molecule has 2 atom stereocenters. The van der Waals surface area contributed by atoms with Crippen molar-refractivity contribution in [1.82, 2.24) is 4.90 Å². The fourth-order valence-electron chi connectivity index (χ4n) is 5.74. The number of carbonyl (C=O) groups excluding carboxylic acids is 2. The third-order valence-electron chi connectivity index (χ3n) is 7.64. The first-order valence-electron chi connectivity index (χ1n) is 13.3. The van der Waals surface area contributed by atoms with Crippen LogP contribution >= 0.6 is 11.8 Å². The van der Waals surface area contributed by atoms with E-state index in [0.29, 0.717) is 19.0 Å². The van der Waals surface area contributed by atoms with E-state index >= 15 is 0 Å². The number of fused-ring (bicyclic) bond motifs is 2. The molecule has 9 heteroatoms. The third kappa shape index (κ3) is 4.33. The van der Waals surface area contributed by atoms with Crippen molar-refractivity contribution in [3.05, 3.63) is 84.2 Å². The number of ether oxygens (including phenoxy) is 1. The first kappa shape index (κ1) is 25.7. The fraction of sp³-hybridized carbons (Fsp3) is 0.333. The van der Waals surface area contributed by atoms with Crippen LogP contribution in [0.2, 0.25) is 0 Å². The van der Waals surface area contributed by atoms with Gasteiger partial charge in [-0.15, -0.1) is 11.8 Å². The Bertz CT molecular complexity index is 1380. The molecule has 0 unspecified atom stereocenters. The number of nitrogens with zero attached hydrogens (tertiary/aromatic N) is 4. The van der Waals surface area contributed by atoms with Crippen molar-refractivity contribution in [2.24, 2.45) is 0 Å². The van der Waals surface area contributed by atoms with Gasteiger partial charge in [0, 0.05) is 43.1 Å². The molecule has 0 aliphatic carbocycles. The highest BCUT2D eigenvalue weighted by atomic mass is 32.2. The Kier molecular flexibility index (Phi) is 6.72. The van der Waals surface area contributed by atoms with Crippen molar-refractivity contribution in [2.75, 3.05) is 54.2 Å². The molecule has 3 aliphatic heterocycles. The minimum absolute atomic E-state index is 0.0814. The summed E-state index contributed by atoms with van der Waals surface area (Å²) in [6.45, 7) is 7.88. The van der Waals surface area contributed by atoms with Crippen molar-refractivity contribution in [1.29, 1.82) is 0 Å². The topological polar surface area (TPSA) is 56.3 Å². The van der Waals surface area contributed by atoms with E-state index in [1.807, 2.05) is 67.3 Å². The molecule has 3 aromatic rings. The van der Waals surface area contributed by atoms with E-state index < -0.39 is 4.87 Å². The van der Waals surface area contributed by atoms with Crippen LogP contribution in [0, 0.1) is 5.82 Å². The second-order valence-corrected chi connectivity index (χ2v) is 11.5. The molecular weight excluding hydrogens is 515 g/mol. The van der Waals surface area contributed by atoms with Crippen LogP contribution in [-0.4, -0.2) is 61.4 Å². The summed E-state index contributed by atoms with van der Waals surface area (Å²) in [6.07, 6.45) is 0. The molecule has 3 heterocycles. The average molecular weight is 547 g/mol. The molecule has 39 heavy (non-hydrogen) atoms. The maximum atomic E-state index is 14.4. The Morgan fingerprint density at radius 2 is 1.59 bits per heavy atom. The van der Waals surface area contributed by atoms with Crippen LogP contribution in [0.5, 0.6) is 5.75 Å². The van der Waals surface area contributed by atoms with Gasteiger partial charge in [0.05, 0.1) is 24.2 Å². The van der Waals surface area contributed by atoms with Crippen LogP contribution in [-0.2, 0) is 14.5 Å². The van der Waals surface area contributed by atoms with Crippen molar-refractivity contribution < 1.29 is 18.7 Å². The van der Waals surface area contributed by atoms with Crippen molar-refractivity contribution >= 4 is 40.6 Å². The summed E-state index contributed by atoms with van der Waals surface area (Å²) in [6, 6.07) is 21.8. The van der Waals surface area contributed by atoms with Gasteiger partial charge in [0.1, 0.15) is 11.6 Å². The minimum Gasteiger partial charge on any atom is -0.494 e. The zero-order valence-electron chi connectivity index (χ0n) is 22.0. The highest BCUT2D eigenvalue weighted by Gasteiger charge is 2.63. The van der Waals surface area contributed by atoms with Crippen molar-refractivity contribution in [3.63, 3.8) is 0 Å². The maximum absolute atomic E-state index is 14.4. The lowest BCUT2D eigenvalue weighted by atomic mass is 10.0. The summed E-state index contributed by atoms with van der Waals surface area (Å²) < 4.78 is 19.0. The van der Waals surface area contributed by atoms with Gasteiger partial charge in [-0.3, -0.25) is 24.3 Å². The molecule has 202 valence electrons. The minimum atomic E-state index is -1.16. The molecule has 0 aromatic heterocycles. The number of rotatable bonds is 6. The van der Waals surface area contributed by atoms with Gasteiger partial charge < -0.3 is 9.64 Å². The molecule has 3 aromatic carbocycles. The predicted octanol–water partition coefficient (Wildman–Crippen LogP) is 4.67. The smallest absolute Gasteiger partial charge is 0.269 e. The van der Waals surface area contributed by atoms with Crippen LogP contribution < -0.4 is 19.4 Å². The van der Waals surface area contributed by atoms with Gasteiger partial charge in [-0.25, -0.2) is 4.39 Å². The normalized spacial score (nSPS) is 23.2. The predicted molar refractivity (Wildman–Crippen MR) is 153 cm³/mol. The van der Waals surface area contributed by atoms with Crippen molar-refractivity contribution in [3.8, 4) is 5.75 Å². The van der Waals surface area contributed by atoms with Gasteiger partial charge >= 0.3 is 0 Å². The van der Waals surface area contributed by atoms with E-state index in [0.717, 1.165) is 48.9 Å². The Labute approximate surface area is 232 Å². The average Bonchev–Trinajstić information content (AvgIpc) is 3.35. The van der Waals surface area contributed by atoms with Crippen molar-refractivity contribution in [2.45, 2.75) is 24.0 Å². The largest absolute Gasteiger partial charge is 0.494 e. The summed E-state index contributed by atoms with van der Waals surface area (Å²) in [7, 11) is 0. The van der Waals surface area contributed by atoms with Crippen LogP contribution in [0.3, 0.4) is 0 Å². The number of hydrogen-bond acceptors (Lipinski definition) is 6. The molecular formula is C30H31FN4O3S. The molecule has 0 N–H and O–H groups in total. The van der Waals surface area contributed by atoms with Crippen LogP contribution in [0.25, 0.3) is 0 Å². The van der Waals surface area contributed by atoms with E-state index in [1.54, 1.807) is 17.0 Å². The Morgan fingerprint density at radius 1 is 0.923 bits per heavy atom. The Balaban J connectivity index is 1.27. The molecule has 2 fully saturated rings. The lowest BCUT2D eigenvalue weighted by Crippen LogP contribution is -2.54. The SMILES string of the molecule is CCOc1ccc(N2C(=O)[C@H](C)S[C@]23C(=O)N(CN2CCN(c4ccc(F)cc4)CC2)c2ccccc23)cc1. The van der Waals surface area contributed by atoms with Gasteiger partial charge in [0.15, 0.2) is 0 Å². The molecule has 0 saturated carbocycles. The molecule has 6 rings (SSSR count). The number of piperazine rings is 1. The van der Waals surface area contributed by atoms with E-state index in [4.69, 9.17) is 4.74 Å². The Hall–Kier alpha value is -3.56. The molecule has 2 amide bonds. The lowest BCUT2D eigenvalue weighted by Gasteiger charge is -2.38. The second-order valence-electron chi connectivity index (χ2n) is 9.98. The highest BCUT2D eigenvalue weighted by Crippen LogP contribution is 2.57. The number of thioether (sulfide) groups is 1. The Morgan fingerprint density at radius 3 is 2.28 bits per heavy atom. The zero-order chi connectivity index (χ0) is 27.1. The number of para-hydroxylation sites is 1. The number of hydrogen-bond donors (Lipinski definition) is 0. The van der Waals surface area contributed by atoms with Gasteiger partial charge in [-0.1, -0.05) is 18.2 Å². The summed E-state index contributed by atoms with van der Waals surface area (Å²) in [5, 5.41) is -0.368. The quantitative estimate of drug-likeness (QED) is 0.448. The molecule has 3 aliphatic rings. The number of benzene rings is 3. The maximum Gasteiger partial charge on any atom is 0.269 e. The fourth-order valence-corrected chi connectivity index (χ4v) is 7.27. The summed E-state index contributed by atoms with van der Waals surface area (Å²) in [5.74, 6) is 0.305. The first-order chi connectivity index (χ1) is 18.9. The van der Waals surface area contributed by atoms with E-state index in [9.17, 15) is 14.0 Å². The lowest BCUT2D eigenvalue weighted by molar-refractivity contribution is -0.124. The molecule has 7 nitrogen and oxygen atoms in total. The standard InChI is InChI=1S/C30H31FN4O3S/c1-3-38-25-14-12-24(13-15-25)35-28(36)21(2)39-30(35)26-6-4-5-7-27(26)34(29(30)37)20-32-16-18-33(19-17-32)23-10-8-22(31)9-11-23/h4-15,21H,3,16-20H2,1-2H3/t21-,30+/m0/s1. The number of anilines is 3. The summed E-state index contributed by atoms with van der Waals surface area (Å²) in [4.78, 5) is 34.9. The number of halogens is 1. The van der Waals surface area contributed by atoms with Crippen LogP contribution in [0.1, 0.15) is 19.4 Å². The number of amides is 2. The molecule has 1 spiro atoms. The third-order valence-corrected chi connectivity index (χ3v) is 9.11. The molecule has 0 bridgehead atoms. The zero-order valence-corrected chi connectivity index (χ0v) is 22.9. The number of carbonyl (C=O) groups is 2. The second kappa shape index (κ2) is 10.2. The van der Waals surface area contributed by atoms with E-state index in [-0.39, 0.29) is 22.9 Å². The van der Waals surface area contributed by atoms with E-state index in [1.165, 1.54) is 23.9 Å². The first-order valence-corrected chi connectivity index (χ1v) is 14.2. The van der Waals surface area contributed by atoms with Gasteiger partial charge in [-0.2, -0.15) is 0 Å². The van der Waals surface area contributed by atoms with Gasteiger partial charge in [0.25, 0.3) is 5.91 Å². The van der Waals surface area contributed by atoms with Crippen LogP contribution in [0.15, 0.2) is 72.8 Å². The molecule has 0 radical (unpaired) electrons. The van der Waals surface area contributed by atoms with Gasteiger partial charge in [0.2, 0.25) is 10.8 Å². The molecule has 2 saturated heterocycles. The van der Waals surface area contributed by atoms with Crippen LogP contribution in [0.4, 0.5) is 21.5 Å². The monoisotopic (exact) mass is 546 g/mol.